The van der Waals surface area contributed by atoms with E-state index in [1.807, 2.05) is 19.9 Å². The van der Waals surface area contributed by atoms with Gasteiger partial charge in [0, 0.05) is 17.7 Å². The summed E-state index contributed by atoms with van der Waals surface area (Å²) in [5.41, 5.74) is 1.44. The molecule has 0 aliphatic rings. The Kier molecular flexibility index (Phi) is 7.60. The highest BCUT2D eigenvalue weighted by Crippen LogP contribution is 2.37. The van der Waals surface area contributed by atoms with E-state index >= 15 is 0 Å². The summed E-state index contributed by atoms with van der Waals surface area (Å²) in [6, 6.07) is 9.88. The molecule has 0 amide bonds. The number of nitro groups is 1. The molecule has 0 spiro atoms. The summed E-state index contributed by atoms with van der Waals surface area (Å²) in [4.78, 5) is 15.6. The number of rotatable bonds is 9. The maximum atomic E-state index is 10.8. The van der Waals surface area contributed by atoms with Gasteiger partial charge in [0.2, 0.25) is 0 Å². The molecule has 0 radical (unpaired) electrons. The molecule has 2 aromatic carbocycles. The van der Waals surface area contributed by atoms with E-state index in [0.717, 1.165) is 16.5 Å². The Hall–Kier alpha value is -2.61. The summed E-state index contributed by atoms with van der Waals surface area (Å²) in [5, 5.41) is 14.7. The highest BCUT2D eigenvalue weighted by Gasteiger charge is 2.13. The third-order valence-electron chi connectivity index (χ3n) is 3.77. The monoisotopic (exact) mass is 436 g/mol. The molecular formula is C19H21BrN2O5. The highest BCUT2D eigenvalue weighted by molar-refractivity contribution is 9.10. The largest absolute Gasteiger partial charge is 0.493 e. The number of benzene rings is 2. The van der Waals surface area contributed by atoms with E-state index in [1.165, 1.54) is 18.3 Å². The normalized spacial score (nSPS) is 12.0. The van der Waals surface area contributed by atoms with Crippen molar-refractivity contribution in [3.63, 3.8) is 0 Å². The van der Waals surface area contributed by atoms with Gasteiger partial charge < -0.3 is 14.3 Å². The van der Waals surface area contributed by atoms with E-state index in [9.17, 15) is 10.1 Å². The van der Waals surface area contributed by atoms with Gasteiger partial charge in [-0.2, -0.15) is 0 Å². The van der Waals surface area contributed by atoms with Crippen LogP contribution in [-0.4, -0.2) is 24.4 Å². The zero-order valence-electron chi connectivity index (χ0n) is 15.3. The summed E-state index contributed by atoms with van der Waals surface area (Å²) in [6.07, 6.45) is 2.48. The van der Waals surface area contributed by atoms with Crippen molar-refractivity contribution in [3.8, 4) is 11.5 Å². The van der Waals surface area contributed by atoms with E-state index < -0.39 is 4.92 Å². The second kappa shape index (κ2) is 9.91. The number of oxime groups is 1. The van der Waals surface area contributed by atoms with Crippen LogP contribution in [-0.2, 0) is 11.4 Å². The maximum absolute atomic E-state index is 10.8. The van der Waals surface area contributed by atoms with Crippen LogP contribution in [0.3, 0.4) is 0 Å². The Morgan fingerprint density at radius 2 is 2.11 bits per heavy atom. The van der Waals surface area contributed by atoms with Crippen LogP contribution < -0.4 is 9.47 Å². The van der Waals surface area contributed by atoms with E-state index in [2.05, 4.69) is 21.1 Å². The average molecular weight is 437 g/mol. The van der Waals surface area contributed by atoms with Crippen molar-refractivity contribution in [2.45, 2.75) is 33.0 Å². The van der Waals surface area contributed by atoms with Crippen LogP contribution in [0.4, 0.5) is 5.69 Å². The van der Waals surface area contributed by atoms with Gasteiger partial charge in [-0.1, -0.05) is 24.2 Å². The molecule has 1 atom stereocenters. The number of ether oxygens (including phenoxy) is 2. The van der Waals surface area contributed by atoms with Crippen LogP contribution in [0.5, 0.6) is 11.5 Å². The smallest absolute Gasteiger partial charge is 0.269 e. The van der Waals surface area contributed by atoms with E-state index in [4.69, 9.17) is 14.3 Å². The molecule has 2 aromatic rings. The number of hydrogen-bond donors (Lipinski definition) is 0. The summed E-state index contributed by atoms with van der Waals surface area (Å²) < 4.78 is 12.0. The number of methoxy groups -OCH3 is 1. The van der Waals surface area contributed by atoms with E-state index in [0.29, 0.717) is 17.1 Å². The predicted molar refractivity (Wildman–Crippen MR) is 107 cm³/mol. The Bertz CT molecular complexity index is 826. The minimum atomic E-state index is -0.445. The standard InChI is InChI=1S/C19H21BrN2O5/c1-4-13(2)27-19-17(20)9-15(10-18(19)25-3)11-21-26-12-14-6-5-7-16(8-14)22(23)24/h5-11,13H,4,12H2,1-3H3/b21-11-/t13-/m0/s1. The molecule has 0 unspecified atom stereocenters. The Balaban J connectivity index is 2.05. The second-order valence-corrected chi connectivity index (χ2v) is 6.66. The van der Waals surface area contributed by atoms with Gasteiger partial charge in [0.1, 0.15) is 6.61 Å². The SMILES string of the molecule is CC[C@H](C)Oc1c(Br)cc(/C=N\OCc2cccc([N+](=O)[O-])c2)cc1OC. The Morgan fingerprint density at radius 1 is 1.33 bits per heavy atom. The average Bonchev–Trinajstić information content (AvgIpc) is 2.66. The third kappa shape index (κ3) is 5.96. The summed E-state index contributed by atoms with van der Waals surface area (Å²) in [5.74, 6) is 1.23. The fourth-order valence-electron chi connectivity index (χ4n) is 2.18. The van der Waals surface area contributed by atoms with Crippen LogP contribution in [0.15, 0.2) is 46.0 Å². The molecule has 7 nitrogen and oxygen atoms in total. The zero-order chi connectivity index (χ0) is 19.8. The van der Waals surface area contributed by atoms with Crippen LogP contribution in [0, 0.1) is 10.1 Å². The fraction of sp³-hybridized carbons (Fsp3) is 0.316. The van der Waals surface area contributed by atoms with Crippen LogP contribution in [0.2, 0.25) is 0 Å². The van der Waals surface area contributed by atoms with Crippen molar-refractivity contribution < 1.29 is 19.2 Å². The van der Waals surface area contributed by atoms with E-state index in [-0.39, 0.29) is 18.4 Å². The molecule has 0 aliphatic heterocycles. The van der Waals surface area contributed by atoms with Gasteiger partial charge in [-0.25, -0.2) is 0 Å². The quantitative estimate of drug-likeness (QED) is 0.310. The minimum Gasteiger partial charge on any atom is -0.493 e. The lowest BCUT2D eigenvalue weighted by Gasteiger charge is -2.17. The number of non-ortho nitro benzene ring substituents is 1. The molecule has 2 rings (SSSR count). The lowest BCUT2D eigenvalue weighted by atomic mass is 10.2. The van der Waals surface area contributed by atoms with Crippen molar-refractivity contribution in [3.05, 3.63) is 62.1 Å². The van der Waals surface area contributed by atoms with Crippen molar-refractivity contribution in [1.82, 2.24) is 0 Å². The molecule has 0 heterocycles. The fourth-order valence-corrected chi connectivity index (χ4v) is 2.74. The van der Waals surface area contributed by atoms with Crippen molar-refractivity contribution >= 4 is 27.8 Å². The molecule has 0 aliphatic carbocycles. The summed E-state index contributed by atoms with van der Waals surface area (Å²) >= 11 is 3.49. The lowest BCUT2D eigenvalue weighted by Crippen LogP contribution is -2.11. The van der Waals surface area contributed by atoms with Gasteiger partial charge in [-0.05, 0) is 47.0 Å². The number of hydrogen-bond acceptors (Lipinski definition) is 6. The molecule has 0 saturated heterocycles. The Morgan fingerprint density at radius 3 is 2.78 bits per heavy atom. The topological polar surface area (TPSA) is 83.2 Å². The van der Waals surface area contributed by atoms with Gasteiger partial charge in [0.05, 0.1) is 28.8 Å². The zero-order valence-corrected chi connectivity index (χ0v) is 16.9. The second-order valence-electron chi connectivity index (χ2n) is 5.81. The van der Waals surface area contributed by atoms with Gasteiger partial charge in [-0.3, -0.25) is 10.1 Å². The first-order valence-corrected chi connectivity index (χ1v) is 9.16. The first-order valence-electron chi connectivity index (χ1n) is 8.37. The van der Waals surface area contributed by atoms with Crippen LogP contribution in [0.25, 0.3) is 0 Å². The van der Waals surface area contributed by atoms with Crippen molar-refractivity contribution in [1.29, 1.82) is 0 Å². The molecule has 0 bridgehead atoms. The van der Waals surface area contributed by atoms with Crippen LogP contribution >= 0.6 is 15.9 Å². The molecule has 27 heavy (non-hydrogen) atoms. The van der Waals surface area contributed by atoms with Gasteiger partial charge in [-0.15, -0.1) is 0 Å². The number of nitro benzene ring substituents is 1. The number of nitrogens with zero attached hydrogens (tertiary/aromatic N) is 2. The van der Waals surface area contributed by atoms with Crippen LogP contribution in [0.1, 0.15) is 31.4 Å². The number of halogens is 1. The molecule has 0 aromatic heterocycles. The molecular weight excluding hydrogens is 416 g/mol. The predicted octanol–water partition coefficient (Wildman–Crippen LogP) is 5.09. The van der Waals surface area contributed by atoms with Gasteiger partial charge >= 0.3 is 0 Å². The lowest BCUT2D eigenvalue weighted by molar-refractivity contribution is -0.384. The van der Waals surface area contributed by atoms with Gasteiger partial charge in [0.15, 0.2) is 11.5 Å². The molecule has 0 saturated carbocycles. The molecule has 0 fully saturated rings. The molecule has 8 heteroatoms. The summed E-state index contributed by atoms with van der Waals surface area (Å²) in [7, 11) is 1.57. The Labute approximate surface area is 166 Å². The van der Waals surface area contributed by atoms with E-state index in [1.54, 1.807) is 25.3 Å². The summed E-state index contributed by atoms with van der Waals surface area (Å²) in [6.45, 7) is 4.17. The highest BCUT2D eigenvalue weighted by atomic mass is 79.9. The minimum absolute atomic E-state index is 0.0191. The maximum Gasteiger partial charge on any atom is 0.269 e. The third-order valence-corrected chi connectivity index (χ3v) is 4.36. The first-order chi connectivity index (χ1) is 12.9. The van der Waals surface area contributed by atoms with Crippen molar-refractivity contribution in [2.75, 3.05) is 7.11 Å². The van der Waals surface area contributed by atoms with Gasteiger partial charge in [0.25, 0.3) is 5.69 Å². The first kappa shape index (κ1) is 20.7. The van der Waals surface area contributed by atoms with Crippen molar-refractivity contribution in [2.24, 2.45) is 5.16 Å². The molecule has 0 N–H and O–H groups in total. The molecule has 144 valence electrons.